The number of nitrogens with zero attached hydrogens (tertiary/aromatic N) is 1. The van der Waals surface area contributed by atoms with Crippen LogP contribution >= 0.6 is 0 Å². The van der Waals surface area contributed by atoms with E-state index in [0.29, 0.717) is 18.5 Å². The van der Waals surface area contributed by atoms with Crippen LogP contribution in [-0.2, 0) is 0 Å². The number of ether oxygens (including phenoxy) is 1. The van der Waals surface area contributed by atoms with E-state index in [4.69, 9.17) is 4.74 Å². The summed E-state index contributed by atoms with van der Waals surface area (Å²) in [6.07, 6.45) is 4.00. The van der Waals surface area contributed by atoms with Crippen LogP contribution in [0.2, 0.25) is 0 Å². The number of nitrogens with one attached hydrogen (secondary N) is 1. The first-order valence-electron chi connectivity index (χ1n) is 8.79. The van der Waals surface area contributed by atoms with Crippen molar-refractivity contribution in [3.05, 3.63) is 29.8 Å². The zero-order valence-corrected chi connectivity index (χ0v) is 14.8. The first-order chi connectivity index (χ1) is 11.4. The van der Waals surface area contributed by atoms with Gasteiger partial charge in [-0.2, -0.15) is 0 Å². The molecule has 5 heteroatoms. The molecule has 0 saturated heterocycles. The maximum absolute atomic E-state index is 12.5. The SMILES string of the molecule is COc1cccc(C2CC(NC(=O)N(CC(C)(C)O)C3CC3)C2)c1. The molecule has 0 bridgehead atoms. The number of carbonyl (C=O) groups is 1. The van der Waals surface area contributed by atoms with Crippen molar-refractivity contribution in [2.45, 2.75) is 63.1 Å². The Morgan fingerprint density at radius 3 is 2.67 bits per heavy atom. The fourth-order valence-corrected chi connectivity index (χ4v) is 3.33. The second-order valence-corrected chi connectivity index (χ2v) is 7.76. The number of carbonyl (C=O) groups excluding carboxylic acids is 1. The molecule has 2 saturated carbocycles. The minimum Gasteiger partial charge on any atom is -0.497 e. The van der Waals surface area contributed by atoms with Gasteiger partial charge in [-0.1, -0.05) is 12.1 Å². The molecule has 0 spiro atoms. The average molecular weight is 332 g/mol. The quantitative estimate of drug-likeness (QED) is 0.842. The predicted molar refractivity (Wildman–Crippen MR) is 93.3 cm³/mol. The maximum atomic E-state index is 12.5. The van der Waals surface area contributed by atoms with E-state index in [1.807, 2.05) is 12.1 Å². The minimum atomic E-state index is -0.858. The molecule has 0 heterocycles. The van der Waals surface area contributed by atoms with E-state index < -0.39 is 5.60 Å². The summed E-state index contributed by atoms with van der Waals surface area (Å²) in [5.74, 6) is 1.36. The lowest BCUT2D eigenvalue weighted by molar-refractivity contribution is 0.0433. The average Bonchev–Trinajstić information content (AvgIpc) is 3.31. The molecule has 0 atom stereocenters. The Labute approximate surface area is 144 Å². The Morgan fingerprint density at radius 2 is 2.08 bits per heavy atom. The van der Waals surface area contributed by atoms with Crippen molar-refractivity contribution in [1.82, 2.24) is 10.2 Å². The molecular formula is C19H28N2O3. The highest BCUT2D eigenvalue weighted by molar-refractivity contribution is 5.75. The van der Waals surface area contributed by atoms with E-state index in [9.17, 15) is 9.90 Å². The van der Waals surface area contributed by atoms with Crippen molar-refractivity contribution < 1.29 is 14.6 Å². The van der Waals surface area contributed by atoms with Gasteiger partial charge >= 0.3 is 6.03 Å². The number of amides is 2. The zero-order chi connectivity index (χ0) is 17.3. The van der Waals surface area contributed by atoms with E-state index in [2.05, 4.69) is 17.4 Å². The molecule has 0 unspecified atom stereocenters. The van der Waals surface area contributed by atoms with Crippen LogP contribution in [0.25, 0.3) is 0 Å². The van der Waals surface area contributed by atoms with Crippen LogP contribution < -0.4 is 10.1 Å². The number of hydrogen-bond donors (Lipinski definition) is 2. The van der Waals surface area contributed by atoms with Crippen molar-refractivity contribution in [2.24, 2.45) is 0 Å². The number of benzene rings is 1. The molecule has 2 aliphatic rings. The Kier molecular flexibility index (Phi) is 4.72. The monoisotopic (exact) mass is 332 g/mol. The standard InChI is InChI=1S/C19H28N2O3/c1-19(2,23)12-21(16-7-8-16)18(22)20-15-9-14(10-15)13-5-4-6-17(11-13)24-3/h4-6,11,14-16,23H,7-10,12H2,1-3H3,(H,20,22). The molecule has 1 aromatic carbocycles. The summed E-state index contributed by atoms with van der Waals surface area (Å²) in [5.41, 5.74) is 0.415. The number of aliphatic hydroxyl groups is 1. The molecule has 2 aliphatic carbocycles. The van der Waals surface area contributed by atoms with Gasteiger partial charge in [-0.05, 0) is 63.1 Å². The summed E-state index contributed by atoms with van der Waals surface area (Å²) in [5, 5.41) is 13.2. The third-order valence-electron chi connectivity index (χ3n) is 4.84. The third-order valence-corrected chi connectivity index (χ3v) is 4.84. The van der Waals surface area contributed by atoms with Gasteiger partial charge in [-0.3, -0.25) is 0 Å². The summed E-state index contributed by atoms with van der Waals surface area (Å²) in [7, 11) is 1.68. The van der Waals surface area contributed by atoms with Gasteiger partial charge in [0.15, 0.2) is 0 Å². The molecule has 5 nitrogen and oxygen atoms in total. The van der Waals surface area contributed by atoms with E-state index in [1.165, 1.54) is 5.56 Å². The number of urea groups is 1. The molecule has 2 N–H and O–H groups in total. The Bertz CT molecular complexity index is 587. The van der Waals surface area contributed by atoms with Crippen molar-refractivity contribution >= 4 is 6.03 Å². The van der Waals surface area contributed by atoms with Crippen LogP contribution in [0.3, 0.4) is 0 Å². The van der Waals surface area contributed by atoms with E-state index in [1.54, 1.807) is 25.9 Å². The van der Waals surface area contributed by atoms with Crippen LogP contribution in [0.5, 0.6) is 5.75 Å². The molecule has 2 amide bonds. The van der Waals surface area contributed by atoms with Crippen LogP contribution in [0.1, 0.15) is 51.0 Å². The van der Waals surface area contributed by atoms with Gasteiger partial charge in [0.05, 0.1) is 19.3 Å². The van der Waals surface area contributed by atoms with Gasteiger partial charge in [0.25, 0.3) is 0 Å². The summed E-state index contributed by atoms with van der Waals surface area (Å²) in [6.45, 7) is 3.88. The molecule has 2 fully saturated rings. The van der Waals surface area contributed by atoms with Gasteiger partial charge in [-0.15, -0.1) is 0 Å². The third kappa shape index (κ3) is 4.20. The zero-order valence-electron chi connectivity index (χ0n) is 14.8. The summed E-state index contributed by atoms with van der Waals surface area (Å²) in [6, 6.07) is 8.64. The van der Waals surface area contributed by atoms with E-state index in [0.717, 1.165) is 31.4 Å². The lowest BCUT2D eigenvalue weighted by Crippen LogP contribution is -2.53. The summed E-state index contributed by atoms with van der Waals surface area (Å²) < 4.78 is 5.28. The molecule has 0 aliphatic heterocycles. The molecule has 0 radical (unpaired) electrons. The van der Waals surface area contributed by atoms with E-state index in [-0.39, 0.29) is 12.1 Å². The predicted octanol–water partition coefficient (Wildman–Crippen LogP) is 2.89. The summed E-state index contributed by atoms with van der Waals surface area (Å²) >= 11 is 0. The van der Waals surface area contributed by atoms with Crippen molar-refractivity contribution in [1.29, 1.82) is 0 Å². The van der Waals surface area contributed by atoms with Crippen LogP contribution in [0.15, 0.2) is 24.3 Å². The highest BCUT2D eigenvalue weighted by Gasteiger charge is 2.38. The lowest BCUT2D eigenvalue weighted by Gasteiger charge is -2.38. The smallest absolute Gasteiger partial charge is 0.317 e. The van der Waals surface area contributed by atoms with Gasteiger partial charge in [0.1, 0.15) is 5.75 Å². The van der Waals surface area contributed by atoms with Crippen molar-refractivity contribution in [2.75, 3.05) is 13.7 Å². The van der Waals surface area contributed by atoms with E-state index >= 15 is 0 Å². The molecule has 1 aromatic rings. The fourth-order valence-electron chi connectivity index (χ4n) is 3.33. The number of rotatable bonds is 6. The van der Waals surface area contributed by atoms with Gasteiger partial charge < -0.3 is 20.1 Å². The Morgan fingerprint density at radius 1 is 1.38 bits per heavy atom. The highest BCUT2D eigenvalue weighted by atomic mass is 16.5. The van der Waals surface area contributed by atoms with Crippen LogP contribution in [-0.4, -0.2) is 47.4 Å². The minimum absolute atomic E-state index is 0.0336. The maximum Gasteiger partial charge on any atom is 0.317 e. The topological polar surface area (TPSA) is 61.8 Å². The van der Waals surface area contributed by atoms with Gasteiger partial charge in [0, 0.05) is 12.1 Å². The fraction of sp³-hybridized carbons (Fsp3) is 0.632. The molecule has 3 rings (SSSR count). The van der Waals surface area contributed by atoms with Crippen molar-refractivity contribution in [3.63, 3.8) is 0 Å². The summed E-state index contributed by atoms with van der Waals surface area (Å²) in [4.78, 5) is 14.3. The van der Waals surface area contributed by atoms with Gasteiger partial charge in [0.2, 0.25) is 0 Å². The van der Waals surface area contributed by atoms with Gasteiger partial charge in [-0.25, -0.2) is 4.79 Å². The first kappa shape index (κ1) is 17.1. The number of hydrogen-bond acceptors (Lipinski definition) is 3. The molecule has 0 aromatic heterocycles. The molecule has 24 heavy (non-hydrogen) atoms. The largest absolute Gasteiger partial charge is 0.497 e. The van der Waals surface area contributed by atoms with Crippen LogP contribution in [0, 0.1) is 0 Å². The second kappa shape index (κ2) is 6.63. The second-order valence-electron chi connectivity index (χ2n) is 7.76. The number of methoxy groups -OCH3 is 1. The Hall–Kier alpha value is -1.75. The van der Waals surface area contributed by atoms with Crippen LogP contribution in [0.4, 0.5) is 4.79 Å². The molecule has 132 valence electrons. The first-order valence-corrected chi connectivity index (χ1v) is 8.79. The van der Waals surface area contributed by atoms with Crippen molar-refractivity contribution in [3.8, 4) is 5.75 Å². The highest BCUT2D eigenvalue weighted by Crippen LogP contribution is 2.38. The lowest BCUT2D eigenvalue weighted by atomic mass is 9.76. The Balaban J connectivity index is 1.51. The molecular weight excluding hydrogens is 304 g/mol. The normalized spacial score (nSPS) is 23.3.